The summed E-state index contributed by atoms with van der Waals surface area (Å²) < 4.78 is 10.1. The van der Waals surface area contributed by atoms with E-state index >= 15 is 0 Å². The standard InChI is InChI=1S/C21H31N3O5/c1-21(2,3)29-20(27)22-12-6-7-19(26)28-15-18(25)23-16-8-10-17(11-9-16)24-13-4-5-14-24/h8-11H,4-7,12-15H2,1-3H3,(H,22,27)(H,23,25). The number of amides is 2. The molecule has 1 heterocycles. The van der Waals surface area contributed by atoms with Crippen molar-refractivity contribution in [3.8, 4) is 0 Å². The zero-order valence-corrected chi connectivity index (χ0v) is 17.5. The minimum Gasteiger partial charge on any atom is -0.456 e. The van der Waals surface area contributed by atoms with Gasteiger partial charge < -0.3 is 25.0 Å². The van der Waals surface area contributed by atoms with Gasteiger partial charge in [0.2, 0.25) is 0 Å². The third kappa shape index (κ3) is 8.85. The van der Waals surface area contributed by atoms with Crippen molar-refractivity contribution in [1.29, 1.82) is 0 Å². The van der Waals surface area contributed by atoms with Gasteiger partial charge in [0.15, 0.2) is 6.61 Å². The normalized spacial score (nSPS) is 13.7. The molecule has 0 spiro atoms. The van der Waals surface area contributed by atoms with Gasteiger partial charge >= 0.3 is 12.1 Å². The number of hydrogen-bond acceptors (Lipinski definition) is 6. The summed E-state index contributed by atoms with van der Waals surface area (Å²) in [5.41, 5.74) is 1.24. The van der Waals surface area contributed by atoms with Gasteiger partial charge in [-0.25, -0.2) is 4.79 Å². The third-order valence-electron chi connectivity index (χ3n) is 4.21. The van der Waals surface area contributed by atoms with Gasteiger partial charge in [0.05, 0.1) is 0 Å². The van der Waals surface area contributed by atoms with Crippen LogP contribution in [-0.2, 0) is 19.1 Å². The summed E-state index contributed by atoms with van der Waals surface area (Å²) in [4.78, 5) is 37.4. The van der Waals surface area contributed by atoms with Crippen molar-refractivity contribution in [3.05, 3.63) is 24.3 Å². The molecule has 29 heavy (non-hydrogen) atoms. The van der Waals surface area contributed by atoms with Crippen molar-refractivity contribution in [1.82, 2.24) is 5.32 Å². The Hall–Kier alpha value is -2.77. The van der Waals surface area contributed by atoms with Gasteiger partial charge in [-0.2, -0.15) is 0 Å². The van der Waals surface area contributed by atoms with Crippen LogP contribution in [0, 0.1) is 0 Å². The summed E-state index contributed by atoms with van der Waals surface area (Å²) >= 11 is 0. The van der Waals surface area contributed by atoms with Gasteiger partial charge in [0.1, 0.15) is 5.60 Å². The fraction of sp³-hybridized carbons (Fsp3) is 0.571. The second-order valence-corrected chi connectivity index (χ2v) is 7.98. The van der Waals surface area contributed by atoms with Gasteiger partial charge in [0.25, 0.3) is 5.91 Å². The largest absolute Gasteiger partial charge is 0.456 e. The molecule has 1 fully saturated rings. The second-order valence-electron chi connectivity index (χ2n) is 7.98. The number of alkyl carbamates (subject to hydrolysis) is 1. The Morgan fingerprint density at radius 3 is 2.34 bits per heavy atom. The van der Waals surface area contributed by atoms with Crippen LogP contribution in [0.2, 0.25) is 0 Å². The average Bonchev–Trinajstić information content (AvgIpc) is 3.17. The van der Waals surface area contributed by atoms with Crippen LogP contribution in [0.15, 0.2) is 24.3 Å². The van der Waals surface area contributed by atoms with Crippen molar-refractivity contribution in [2.24, 2.45) is 0 Å². The number of nitrogens with one attached hydrogen (secondary N) is 2. The highest BCUT2D eigenvalue weighted by atomic mass is 16.6. The number of benzene rings is 1. The molecule has 1 saturated heterocycles. The maximum absolute atomic E-state index is 11.9. The van der Waals surface area contributed by atoms with Gasteiger partial charge in [-0.15, -0.1) is 0 Å². The van der Waals surface area contributed by atoms with E-state index in [1.807, 2.05) is 24.3 Å². The van der Waals surface area contributed by atoms with E-state index in [-0.39, 0.29) is 18.9 Å². The molecule has 0 unspecified atom stereocenters. The smallest absolute Gasteiger partial charge is 0.407 e. The van der Waals surface area contributed by atoms with Crippen LogP contribution >= 0.6 is 0 Å². The number of carbonyl (C=O) groups excluding carboxylic acids is 3. The number of nitrogens with zero attached hydrogens (tertiary/aromatic N) is 1. The molecule has 0 radical (unpaired) electrons. The number of hydrogen-bond donors (Lipinski definition) is 2. The molecule has 1 aromatic carbocycles. The SMILES string of the molecule is CC(C)(C)OC(=O)NCCCC(=O)OCC(=O)Nc1ccc(N2CCCC2)cc1. The van der Waals surface area contributed by atoms with E-state index in [0.29, 0.717) is 18.7 Å². The lowest BCUT2D eigenvalue weighted by atomic mass is 10.2. The Labute approximate surface area is 171 Å². The highest BCUT2D eigenvalue weighted by Gasteiger charge is 2.16. The Balaban J connectivity index is 1.59. The Morgan fingerprint density at radius 1 is 1.07 bits per heavy atom. The quantitative estimate of drug-likeness (QED) is 0.510. The van der Waals surface area contributed by atoms with E-state index < -0.39 is 17.7 Å². The van der Waals surface area contributed by atoms with Crippen LogP contribution < -0.4 is 15.5 Å². The monoisotopic (exact) mass is 405 g/mol. The zero-order chi connectivity index (χ0) is 21.3. The van der Waals surface area contributed by atoms with Gasteiger partial charge in [-0.3, -0.25) is 9.59 Å². The molecule has 0 atom stereocenters. The molecule has 0 saturated carbocycles. The molecule has 8 nitrogen and oxygen atoms in total. The van der Waals surface area contributed by atoms with Crippen molar-refractivity contribution in [2.75, 3.05) is 36.5 Å². The first-order chi connectivity index (χ1) is 13.7. The minimum atomic E-state index is -0.565. The van der Waals surface area contributed by atoms with Crippen molar-refractivity contribution in [3.63, 3.8) is 0 Å². The predicted octanol–water partition coefficient (Wildman–Crippen LogP) is 3.07. The Morgan fingerprint density at radius 2 is 1.72 bits per heavy atom. The molecule has 0 aromatic heterocycles. The Bertz CT molecular complexity index is 691. The van der Waals surface area contributed by atoms with Gasteiger partial charge in [-0.05, 0) is 64.3 Å². The topological polar surface area (TPSA) is 97.0 Å². The number of rotatable bonds is 8. The van der Waals surface area contributed by atoms with Gasteiger partial charge in [-0.1, -0.05) is 0 Å². The molecular weight excluding hydrogens is 374 g/mol. The van der Waals surface area contributed by atoms with Crippen molar-refractivity contribution in [2.45, 2.75) is 52.1 Å². The van der Waals surface area contributed by atoms with Crippen LogP contribution in [-0.4, -0.2) is 49.8 Å². The molecule has 8 heteroatoms. The summed E-state index contributed by atoms with van der Waals surface area (Å²) in [5.74, 6) is -0.880. The summed E-state index contributed by atoms with van der Waals surface area (Å²) in [5, 5.41) is 5.28. The second kappa shape index (κ2) is 10.7. The molecule has 1 aliphatic rings. The van der Waals surface area contributed by atoms with Crippen molar-refractivity contribution >= 4 is 29.3 Å². The molecule has 0 aliphatic carbocycles. The minimum absolute atomic E-state index is 0.105. The lowest BCUT2D eigenvalue weighted by Crippen LogP contribution is -2.33. The number of carbonyl (C=O) groups is 3. The van der Waals surface area contributed by atoms with E-state index in [0.717, 1.165) is 18.8 Å². The van der Waals surface area contributed by atoms with E-state index in [4.69, 9.17) is 9.47 Å². The van der Waals surface area contributed by atoms with Crippen LogP contribution in [0.3, 0.4) is 0 Å². The first-order valence-corrected chi connectivity index (χ1v) is 10.0. The molecule has 2 N–H and O–H groups in total. The fourth-order valence-corrected chi connectivity index (χ4v) is 2.88. The molecule has 1 aliphatic heterocycles. The highest BCUT2D eigenvalue weighted by Crippen LogP contribution is 2.22. The van der Waals surface area contributed by atoms with Crippen LogP contribution in [0.5, 0.6) is 0 Å². The van der Waals surface area contributed by atoms with Crippen molar-refractivity contribution < 1.29 is 23.9 Å². The van der Waals surface area contributed by atoms with Crippen LogP contribution in [0.25, 0.3) is 0 Å². The lowest BCUT2D eigenvalue weighted by Gasteiger charge is -2.19. The summed E-state index contributed by atoms with van der Waals surface area (Å²) in [7, 11) is 0. The predicted molar refractivity (Wildman–Crippen MR) is 111 cm³/mol. The molecular formula is C21H31N3O5. The van der Waals surface area contributed by atoms with E-state index in [1.54, 1.807) is 20.8 Å². The summed E-state index contributed by atoms with van der Waals surface area (Å²) in [6.07, 6.45) is 2.40. The van der Waals surface area contributed by atoms with E-state index in [2.05, 4.69) is 15.5 Å². The number of esters is 1. The van der Waals surface area contributed by atoms with E-state index in [9.17, 15) is 14.4 Å². The molecule has 2 rings (SSSR count). The fourth-order valence-electron chi connectivity index (χ4n) is 2.88. The maximum Gasteiger partial charge on any atom is 0.407 e. The highest BCUT2D eigenvalue weighted by molar-refractivity contribution is 5.92. The third-order valence-corrected chi connectivity index (χ3v) is 4.21. The molecule has 0 bridgehead atoms. The first-order valence-electron chi connectivity index (χ1n) is 10.0. The average molecular weight is 405 g/mol. The van der Waals surface area contributed by atoms with Gasteiger partial charge in [0, 0.05) is 37.4 Å². The summed E-state index contributed by atoms with van der Waals surface area (Å²) in [6.45, 7) is 7.40. The van der Waals surface area contributed by atoms with E-state index in [1.165, 1.54) is 12.8 Å². The lowest BCUT2D eigenvalue weighted by molar-refractivity contribution is -0.147. The molecule has 2 amide bonds. The van der Waals surface area contributed by atoms with Crippen LogP contribution in [0.4, 0.5) is 16.2 Å². The maximum atomic E-state index is 11.9. The first kappa shape index (κ1) is 22.5. The zero-order valence-electron chi connectivity index (χ0n) is 17.5. The molecule has 1 aromatic rings. The number of ether oxygens (including phenoxy) is 2. The molecule has 160 valence electrons. The number of anilines is 2. The van der Waals surface area contributed by atoms with Crippen LogP contribution in [0.1, 0.15) is 46.5 Å². The summed E-state index contributed by atoms with van der Waals surface area (Å²) in [6, 6.07) is 7.64. The Kier molecular flexibility index (Phi) is 8.30.